The Bertz CT molecular complexity index is 2170. The average molecular weight is 942 g/mol. The molecule has 68 heavy (non-hydrogen) atoms. The molecule has 0 unspecified atom stereocenters. The van der Waals surface area contributed by atoms with E-state index >= 15 is 0 Å². The minimum atomic E-state index is -0.842. The van der Waals surface area contributed by atoms with E-state index in [0.717, 1.165) is 89.8 Å². The Kier molecular flexibility index (Phi) is 13.5. The Labute approximate surface area is 406 Å². The van der Waals surface area contributed by atoms with Gasteiger partial charge in [-0.2, -0.15) is 0 Å². The number of carbonyl (C=O) groups excluding carboxylic acids is 4. The summed E-state index contributed by atoms with van der Waals surface area (Å²) >= 11 is 0. The Hall–Kier alpha value is -3.77. The summed E-state index contributed by atoms with van der Waals surface area (Å²) in [5.74, 6) is -0.319. The van der Waals surface area contributed by atoms with Crippen molar-refractivity contribution in [3.63, 3.8) is 0 Å². The van der Waals surface area contributed by atoms with E-state index in [2.05, 4.69) is 64.0 Å². The molecule has 0 radical (unpaired) electrons. The Balaban J connectivity index is 0.920. The number of hydrogen-bond donors (Lipinski definition) is 3. The van der Waals surface area contributed by atoms with E-state index in [4.69, 9.17) is 14.2 Å². The lowest BCUT2D eigenvalue weighted by Crippen LogP contribution is -2.66. The lowest BCUT2D eigenvalue weighted by molar-refractivity contribution is -0.236. The molecule has 0 bridgehead atoms. The molecule has 1 aromatic rings. The molecule has 2 amide bonds. The number of aliphatic carboxylic acids is 1. The fourth-order valence-corrected chi connectivity index (χ4v) is 16.0. The van der Waals surface area contributed by atoms with Crippen LogP contribution in [0.1, 0.15) is 157 Å². The lowest BCUT2D eigenvalue weighted by atomic mass is 9.33. The van der Waals surface area contributed by atoms with Crippen LogP contribution < -0.4 is 15.4 Å². The first-order valence-corrected chi connectivity index (χ1v) is 26.1. The van der Waals surface area contributed by atoms with E-state index in [1.165, 1.54) is 5.57 Å². The number of morpholine rings is 1. The summed E-state index contributed by atoms with van der Waals surface area (Å²) in [5.41, 5.74) is 0.620. The highest BCUT2D eigenvalue weighted by atomic mass is 16.5. The molecule has 12 nitrogen and oxygen atoms in total. The second kappa shape index (κ2) is 18.1. The minimum Gasteiger partial charge on any atom is -0.492 e. The summed E-state index contributed by atoms with van der Waals surface area (Å²) in [6, 6.07) is 7.18. The predicted molar refractivity (Wildman–Crippen MR) is 261 cm³/mol. The number of rotatable bonds is 14. The van der Waals surface area contributed by atoms with Crippen molar-refractivity contribution in [2.75, 3.05) is 46.0 Å². The van der Waals surface area contributed by atoms with E-state index in [0.29, 0.717) is 42.6 Å². The fraction of sp³-hybridized carbons (Fsp3) is 0.768. The van der Waals surface area contributed by atoms with Crippen LogP contribution in [0.5, 0.6) is 5.75 Å². The summed E-state index contributed by atoms with van der Waals surface area (Å²) in [4.78, 5) is 69.8. The van der Waals surface area contributed by atoms with Crippen LogP contribution in [-0.4, -0.2) is 97.2 Å². The highest BCUT2D eigenvalue weighted by Crippen LogP contribution is 2.77. The molecule has 6 fully saturated rings. The van der Waals surface area contributed by atoms with Crippen molar-refractivity contribution < 1.29 is 43.3 Å². The SMILES string of the molecule is CC(C)C1=C2[C@H]3CC[C@@H]4[C@@]5(C)CC[C@H](OC(=O)[C@H]6C[C@@H](C(=O)O)C6(C)C)C(C)(C)[C@@H]5CC[C@@]4(C)[C@]3(C)CC[C@@]2(CC(=O)NCC(C)(C)NC(=O)c2ccc(OCCN3CCOCC3)cc2)CC1=O. The van der Waals surface area contributed by atoms with Crippen molar-refractivity contribution in [1.29, 1.82) is 0 Å². The van der Waals surface area contributed by atoms with Gasteiger partial charge in [-0.25, -0.2) is 0 Å². The number of ketones is 1. The van der Waals surface area contributed by atoms with Gasteiger partial charge in [-0.05, 0) is 147 Å². The number of carboxylic acids is 1. The number of hydrogen-bond acceptors (Lipinski definition) is 9. The highest BCUT2D eigenvalue weighted by molar-refractivity contribution is 6.01. The number of nitrogens with one attached hydrogen (secondary N) is 2. The average Bonchev–Trinajstić information content (AvgIpc) is 3.55. The molecule has 12 heteroatoms. The largest absolute Gasteiger partial charge is 0.492 e. The van der Waals surface area contributed by atoms with Crippen LogP contribution in [0, 0.1) is 68.0 Å². The molecule has 1 aliphatic heterocycles. The molecule has 6 aliphatic carbocycles. The second-order valence-corrected chi connectivity index (χ2v) is 25.4. The number of ether oxygens (including phenoxy) is 3. The molecule has 0 aromatic heterocycles. The molecule has 3 N–H and O–H groups in total. The molecular weight excluding hydrogens is 859 g/mol. The first kappa shape index (κ1) is 50.6. The first-order chi connectivity index (χ1) is 31.8. The maximum absolute atomic E-state index is 14.3. The molecule has 0 spiro atoms. The summed E-state index contributed by atoms with van der Waals surface area (Å²) in [5, 5.41) is 16.0. The van der Waals surface area contributed by atoms with Gasteiger partial charge in [0.15, 0.2) is 5.78 Å². The molecule has 7 aliphatic rings. The van der Waals surface area contributed by atoms with Crippen LogP contribution >= 0.6 is 0 Å². The highest BCUT2D eigenvalue weighted by Gasteiger charge is 2.70. The number of Topliss-reactive ketones (excluding diaryl/α,β-unsaturated/α-hetero) is 1. The molecule has 8 rings (SSSR count). The summed E-state index contributed by atoms with van der Waals surface area (Å²) in [6.45, 7) is 29.0. The van der Waals surface area contributed by atoms with Gasteiger partial charge in [0.2, 0.25) is 5.91 Å². The third-order valence-electron chi connectivity index (χ3n) is 20.2. The van der Waals surface area contributed by atoms with E-state index in [9.17, 15) is 29.1 Å². The number of esters is 1. The maximum Gasteiger partial charge on any atom is 0.309 e. The standard InChI is InChI=1S/C56H83N3O9/c1-34(2)45-40(60)31-56(32-44(61)57-33-50(3,4)58-47(62)35-12-14-36(15-13-35)67-29-26-59-24-27-66-28-25-59)23-22-54(10)37(46(45)56)16-17-42-53(9)20-19-43(52(7,8)41(53)18-21-55(42,54)11)68-49(65)39-30-38(48(63)64)51(39,5)6/h12-15,34,37-39,41-43H,16-33H2,1-11H3,(H,57,61)(H,58,62)(H,63,64)/t37-,38+,39-,41+,42-,43+,53+,54-,55-,56+/m1/s1. The van der Waals surface area contributed by atoms with Crippen LogP contribution in [0.15, 0.2) is 35.4 Å². The molecule has 1 saturated heterocycles. The van der Waals surface area contributed by atoms with Gasteiger partial charge in [0.1, 0.15) is 18.5 Å². The van der Waals surface area contributed by atoms with Crippen molar-refractivity contribution >= 4 is 29.5 Å². The Morgan fingerprint density at radius 2 is 1.54 bits per heavy atom. The minimum absolute atomic E-state index is 0.0102. The maximum atomic E-state index is 14.3. The van der Waals surface area contributed by atoms with Gasteiger partial charge in [0.05, 0.1) is 30.6 Å². The van der Waals surface area contributed by atoms with Crippen molar-refractivity contribution in [2.24, 2.45) is 68.0 Å². The number of carbonyl (C=O) groups is 5. The second-order valence-electron chi connectivity index (χ2n) is 25.4. The third kappa shape index (κ3) is 8.65. The van der Waals surface area contributed by atoms with E-state index in [1.54, 1.807) is 12.1 Å². The monoisotopic (exact) mass is 942 g/mol. The van der Waals surface area contributed by atoms with Crippen LogP contribution in [0.4, 0.5) is 0 Å². The van der Waals surface area contributed by atoms with Gasteiger partial charge >= 0.3 is 11.9 Å². The summed E-state index contributed by atoms with van der Waals surface area (Å²) < 4.78 is 17.8. The van der Waals surface area contributed by atoms with E-state index in [1.807, 2.05) is 39.8 Å². The fourth-order valence-electron chi connectivity index (χ4n) is 16.0. The van der Waals surface area contributed by atoms with Crippen LogP contribution in [-0.2, 0) is 28.7 Å². The molecule has 10 atom stereocenters. The zero-order chi connectivity index (χ0) is 49.4. The molecule has 1 heterocycles. The zero-order valence-electron chi connectivity index (χ0n) is 43.2. The Morgan fingerprint density at radius 1 is 0.853 bits per heavy atom. The van der Waals surface area contributed by atoms with Gasteiger partial charge in [-0.1, -0.05) is 67.9 Å². The van der Waals surface area contributed by atoms with Gasteiger partial charge in [-0.15, -0.1) is 0 Å². The van der Waals surface area contributed by atoms with Crippen LogP contribution in [0.2, 0.25) is 0 Å². The number of fused-ring (bicyclic) bond motifs is 7. The third-order valence-corrected chi connectivity index (χ3v) is 20.2. The number of allylic oxidation sites excluding steroid dienone is 2. The van der Waals surface area contributed by atoms with E-state index < -0.39 is 34.2 Å². The summed E-state index contributed by atoms with van der Waals surface area (Å²) in [6.07, 6.45) is 8.42. The molecule has 376 valence electrons. The van der Waals surface area contributed by atoms with Crippen molar-refractivity contribution in [1.82, 2.24) is 15.5 Å². The molecule has 1 aromatic carbocycles. The van der Waals surface area contributed by atoms with E-state index in [-0.39, 0.29) is 76.1 Å². The number of carboxylic acid groups (broad SMARTS) is 1. The van der Waals surface area contributed by atoms with Gasteiger partial charge in [-0.3, -0.25) is 28.9 Å². The summed E-state index contributed by atoms with van der Waals surface area (Å²) in [7, 11) is 0. The number of benzene rings is 1. The van der Waals surface area contributed by atoms with Crippen LogP contribution in [0.3, 0.4) is 0 Å². The smallest absolute Gasteiger partial charge is 0.309 e. The van der Waals surface area contributed by atoms with Gasteiger partial charge < -0.3 is 30.0 Å². The van der Waals surface area contributed by atoms with Crippen LogP contribution in [0.25, 0.3) is 0 Å². The number of nitrogens with zero attached hydrogens (tertiary/aromatic N) is 1. The van der Waals surface area contributed by atoms with Gasteiger partial charge in [0.25, 0.3) is 5.91 Å². The van der Waals surface area contributed by atoms with Gasteiger partial charge in [0, 0.05) is 55.4 Å². The Morgan fingerprint density at radius 3 is 2.19 bits per heavy atom. The topological polar surface area (TPSA) is 161 Å². The normalized spacial score (nSPS) is 36.3. The quantitative estimate of drug-likeness (QED) is 0.154. The molecular formula is C56H83N3O9. The zero-order valence-corrected chi connectivity index (χ0v) is 43.2. The number of amides is 2. The van der Waals surface area contributed by atoms with Crippen molar-refractivity contribution in [3.8, 4) is 5.75 Å². The van der Waals surface area contributed by atoms with Crippen molar-refractivity contribution in [2.45, 2.75) is 158 Å². The first-order valence-electron chi connectivity index (χ1n) is 26.1. The lowest BCUT2D eigenvalue weighted by Gasteiger charge is -2.72. The predicted octanol–water partition coefficient (Wildman–Crippen LogP) is 9.05. The van der Waals surface area contributed by atoms with Crippen molar-refractivity contribution in [3.05, 3.63) is 41.0 Å². The molecule has 5 saturated carbocycles.